The average Bonchev–Trinajstić information content (AvgIpc) is 2.84. The van der Waals surface area contributed by atoms with Gasteiger partial charge in [-0.25, -0.2) is 9.78 Å². The zero-order valence-corrected chi connectivity index (χ0v) is 12.7. The molecular formula is C15H11ClN2O2S. The average molecular weight is 319 g/mol. The van der Waals surface area contributed by atoms with Crippen molar-refractivity contribution in [3.63, 3.8) is 0 Å². The number of esters is 1. The van der Waals surface area contributed by atoms with Crippen LogP contribution in [0.2, 0.25) is 5.02 Å². The van der Waals surface area contributed by atoms with Crippen LogP contribution in [0.1, 0.15) is 9.67 Å². The highest BCUT2D eigenvalue weighted by molar-refractivity contribution is 7.21. The molecule has 0 bridgehead atoms. The number of pyridine rings is 1. The van der Waals surface area contributed by atoms with E-state index >= 15 is 0 Å². The third-order valence-corrected chi connectivity index (χ3v) is 4.45. The third-order valence-electron chi connectivity index (χ3n) is 3.10. The fourth-order valence-electron chi connectivity index (χ4n) is 2.02. The minimum Gasteiger partial charge on any atom is -0.465 e. The number of rotatable bonds is 2. The Bertz CT molecular complexity index is 828. The Labute approximate surface area is 130 Å². The van der Waals surface area contributed by atoms with E-state index in [4.69, 9.17) is 22.1 Å². The topological polar surface area (TPSA) is 65.2 Å². The van der Waals surface area contributed by atoms with Crippen molar-refractivity contribution in [2.45, 2.75) is 0 Å². The summed E-state index contributed by atoms with van der Waals surface area (Å²) >= 11 is 7.11. The van der Waals surface area contributed by atoms with Gasteiger partial charge >= 0.3 is 5.97 Å². The smallest absolute Gasteiger partial charge is 0.350 e. The molecule has 106 valence electrons. The number of carbonyl (C=O) groups excluding carboxylic acids is 1. The lowest BCUT2D eigenvalue weighted by molar-refractivity contribution is 0.0607. The predicted octanol–water partition coefficient (Wildman–Crippen LogP) is 3.99. The monoisotopic (exact) mass is 318 g/mol. The van der Waals surface area contributed by atoms with Crippen LogP contribution in [0, 0.1) is 0 Å². The summed E-state index contributed by atoms with van der Waals surface area (Å²) < 4.78 is 4.72. The van der Waals surface area contributed by atoms with Gasteiger partial charge in [0, 0.05) is 16.0 Å². The fraction of sp³-hybridized carbons (Fsp3) is 0.0667. The summed E-state index contributed by atoms with van der Waals surface area (Å²) in [6.07, 6.45) is 0. The number of aromatic nitrogens is 1. The summed E-state index contributed by atoms with van der Waals surface area (Å²) in [4.78, 5) is 17.3. The molecule has 0 aliphatic rings. The lowest BCUT2D eigenvalue weighted by atomic mass is 10.1. The molecule has 3 aromatic rings. The van der Waals surface area contributed by atoms with Crippen molar-refractivity contribution in [1.29, 1.82) is 0 Å². The van der Waals surface area contributed by atoms with Crippen LogP contribution < -0.4 is 5.73 Å². The lowest BCUT2D eigenvalue weighted by Crippen LogP contribution is -2.01. The van der Waals surface area contributed by atoms with Crippen LogP contribution in [0.15, 0.2) is 36.4 Å². The highest BCUT2D eigenvalue weighted by Crippen LogP contribution is 2.34. The quantitative estimate of drug-likeness (QED) is 0.726. The summed E-state index contributed by atoms with van der Waals surface area (Å²) in [5.41, 5.74) is 8.14. The van der Waals surface area contributed by atoms with Gasteiger partial charge in [-0.05, 0) is 24.3 Å². The van der Waals surface area contributed by atoms with Crippen LogP contribution in [-0.2, 0) is 4.74 Å². The van der Waals surface area contributed by atoms with Crippen molar-refractivity contribution < 1.29 is 9.53 Å². The summed E-state index contributed by atoms with van der Waals surface area (Å²) in [5.74, 6) is -0.441. The maximum atomic E-state index is 11.7. The number of hydrogen-bond donors (Lipinski definition) is 1. The van der Waals surface area contributed by atoms with Gasteiger partial charge in [0.15, 0.2) is 0 Å². The number of fused-ring (bicyclic) bond motifs is 1. The van der Waals surface area contributed by atoms with Crippen molar-refractivity contribution in [3.8, 4) is 11.3 Å². The van der Waals surface area contributed by atoms with Crippen molar-refractivity contribution in [1.82, 2.24) is 4.98 Å². The second kappa shape index (κ2) is 5.35. The van der Waals surface area contributed by atoms with Gasteiger partial charge in [0.2, 0.25) is 0 Å². The van der Waals surface area contributed by atoms with E-state index in [1.54, 1.807) is 0 Å². The molecule has 2 heterocycles. The van der Waals surface area contributed by atoms with E-state index in [1.807, 2.05) is 36.4 Å². The van der Waals surface area contributed by atoms with E-state index in [2.05, 4.69) is 4.98 Å². The van der Waals surface area contributed by atoms with Gasteiger partial charge in [-0.3, -0.25) is 0 Å². The standard InChI is InChI=1S/C15H11ClN2O2S/c1-20-15(19)13-12(17)10-6-7-11(18-14(10)21-13)8-2-4-9(16)5-3-8/h2-7H,17H2,1H3. The van der Waals surface area contributed by atoms with E-state index in [9.17, 15) is 4.79 Å². The third kappa shape index (κ3) is 2.46. The molecule has 2 N–H and O–H groups in total. The number of anilines is 1. The zero-order chi connectivity index (χ0) is 15.0. The molecular weight excluding hydrogens is 308 g/mol. The number of nitrogens with zero attached hydrogens (tertiary/aromatic N) is 1. The number of thiophene rings is 1. The molecule has 0 saturated carbocycles. The summed E-state index contributed by atoms with van der Waals surface area (Å²) in [6, 6.07) is 11.2. The summed E-state index contributed by atoms with van der Waals surface area (Å²) in [7, 11) is 1.33. The van der Waals surface area contributed by atoms with E-state index in [0.717, 1.165) is 16.6 Å². The summed E-state index contributed by atoms with van der Waals surface area (Å²) in [5, 5.41) is 1.44. The number of nitrogen functional groups attached to an aromatic ring is 1. The van der Waals surface area contributed by atoms with E-state index in [0.29, 0.717) is 20.4 Å². The predicted molar refractivity (Wildman–Crippen MR) is 85.8 cm³/mol. The lowest BCUT2D eigenvalue weighted by Gasteiger charge is -2.01. The van der Waals surface area contributed by atoms with Crippen LogP contribution in [0.4, 0.5) is 5.69 Å². The molecule has 21 heavy (non-hydrogen) atoms. The number of ether oxygens (including phenoxy) is 1. The van der Waals surface area contributed by atoms with Crippen molar-refractivity contribution in [2.75, 3.05) is 12.8 Å². The first-order valence-corrected chi connectivity index (χ1v) is 7.33. The Kier molecular flexibility index (Phi) is 3.53. The van der Waals surface area contributed by atoms with Gasteiger partial charge < -0.3 is 10.5 Å². The molecule has 0 unspecified atom stereocenters. The number of benzene rings is 1. The number of carbonyl (C=O) groups is 1. The van der Waals surface area contributed by atoms with Crippen LogP contribution in [0.25, 0.3) is 21.5 Å². The zero-order valence-electron chi connectivity index (χ0n) is 11.1. The van der Waals surface area contributed by atoms with Crippen LogP contribution in [0.3, 0.4) is 0 Å². The Hall–Kier alpha value is -2.11. The normalized spacial score (nSPS) is 10.8. The van der Waals surface area contributed by atoms with Gasteiger partial charge in [0.1, 0.15) is 9.71 Å². The molecule has 0 fully saturated rings. The van der Waals surface area contributed by atoms with Crippen molar-refractivity contribution in [2.24, 2.45) is 0 Å². The molecule has 3 rings (SSSR count). The van der Waals surface area contributed by atoms with Crippen LogP contribution in [0.5, 0.6) is 0 Å². The van der Waals surface area contributed by atoms with Crippen molar-refractivity contribution >= 4 is 44.8 Å². The Morgan fingerprint density at radius 2 is 1.95 bits per heavy atom. The van der Waals surface area contributed by atoms with E-state index < -0.39 is 5.97 Å². The van der Waals surface area contributed by atoms with Crippen LogP contribution >= 0.6 is 22.9 Å². The molecule has 0 aliphatic heterocycles. The highest BCUT2D eigenvalue weighted by Gasteiger charge is 2.18. The second-order valence-corrected chi connectivity index (χ2v) is 5.83. The minimum atomic E-state index is -0.441. The SMILES string of the molecule is COC(=O)c1sc2nc(-c3ccc(Cl)cc3)ccc2c1N. The number of nitrogens with two attached hydrogens (primary N) is 1. The van der Waals surface area contributed by atoms with Crippen LogP contribution in [-0.4, -0.2) is 18.1 Å². The fourth-order valence-corrected chi connectivity index (χ4v) is 3.16. The number of methoxy groups -OCH3 is 1. The molecule has 0 atom stereocenters. The van der Waals surface area contributed by atoms with Gasteiger partial charge in [0.25, 0.3) is 0 Å². The first kappa shape index (κ1) is 13.9. The molecule has 0 saturated heterocycles. The Morgan fingerprint density at radius 3 is 2.62 bits per heavy atom. The maximum Gasteiger partial charge on any atom is 0.350 e. The molecule has 0 aliphatic carbocycles. The van der Waals surface area contributed by atoms with Gasteiger partial charge in [-0.15, -0.1) is 11.3 Å². The van der Waals surface area contributed by atoms with Gasteiger partial charge in [0.05, 0.1) is 18.5 Å². The second-order valence-electron chi connectivity index (χ2n) is 4.39. The molecule has 1 aromatic carbocycles. The first-order chi connectivity index (χ1) is 10.1. The maximum absolute atomic E-state index is 11.7. The van der Waals surface area contributed by atoms with E-state index in [1.165, 1.54) is 18.4 Å². The molecule has 2 aromatic heterocycles. The molecule has 0 radical (unpaired) electrons. The number of hydrogen-bond acceptors (Lipinski definition) is 5. The van der Waals surface area contributed by atoms with E-state index in [-0.39, 0.29) is 0 Å². The minimum absolute atomic E-state index is 0.383. The molecule has 6 heteroatoms. The highest BCUT2D eigenvalue weighted by atomic mass is 35.5. The van der Waals surface area contributed by atoms with Crippen molar-refractivity contribution in [3.05, 3.63) is 46.3 Å². The Morgan fingerprint density at radius 1 is 1.24 bits per heavy atom. The van der Waals surface area contributed by atoms with Gasteiger partial charge in [-0.1, -0.05) is 23.7 Å². The molecule has 4 nitrogen and oxygen atoms in total. The summed E-state index contributed by atoms with van der Waals surface area (Å²) in [6.45, 7) is 0. The largest absolute Gasteiger partial charge is 0.465 e. The first-order valence-electron chi connectivity index (χ1n) is 6.13. The number of halogens is 1. The Balaban J connectivity index is 2.12. The molecule has 0 amide bonds. The molecule has 0 spiro atoms. The van der Waals surface area contributed by atoms with Gasteiger partial charge in [-0.2, -0.15) is 0 Å².